The Balaban J connectivity index is 1.88. The summed E-state index contributed by atoms with van der Waals surface area (Å²) in [5.74, 6) is 2.24. The van der Waals surface area contributed by atoms with Crippen LogP contribution in [0.25, 0.3) is 6.08 Å². The summed E-state index contributed by atoms with van der Waals surface area (Å²) >= 11 is 0. The van der Waals surface area contributed by atoms with E-state index >= 15 is 0 Å². The van der Waals surface area contributed by atoms with Crippen molar-refractivity contribution in [2.45, 2.75) is 33.2 Å². The second-order valence-electron chi connectivity index (χ2n) is 6.66. The molecule has 0 atom stereocenters. The molecule has 1 amide bonds. The first kappa shape index (κ1) is 23.1. The predicted octanol–water partition coefficient (Wildman–Crippen LogP) is 4.61. The van der Waals surface area contributed by atoms with Crippen molar-refractivity contribution in [2.24, 2.45) is 0 Å². The quantitative estimate of drug-likeness (QED) is 0.515. The van der Waals surface area contributed by atoms with E-state index in [-0.39, 0.29) is 12.5 Å². The number of allylic oxidation sites excluding steroid dienone is 1. The highest BCUT2D eigenvalue weighted by molar-refractivity contribution is 5.77. The lowest BCUT2D eigenvalue weighted by molar-refractivity contribution is -0.123. The van der Waals surface area contributed by atoms with Crippen molar-refractivity contribution in [3.8, 4) is 23.0 Å². The molecule has 0 spiro atoms. The van der Waals surface area contributed by atoms with Crippen LogP contribution in [0.2, 0.25) is 0 Å². The zero-order valence-electron chi connectivity index (χ0n) is 18.2. The Kier molecular flexibility index (Phi) is 9.58. The van der Waals surface area contributed by atoms with E-state index in [0.29, 0.717) is 36.1 Å². The van der Waals surface area contributed by atoms with Crippen molar-refractivity contribution in [3.63, 3.8) is 0 Å². The number of hydrogen-bond acceptors (Lipinski definition) is 5. The number of methoxy groups -OCH3 is 2. The third kappa shape index (κ3) is 7.03. The van der Waals surface area contributed by atoms with Gasteiger partial charge >= 0.3 is 0 Å². The number of hydrogen-bond donors (Lipinski definition) is 1. The standard InChI is InChI=1S/C24H31NO5/c1-5-7-13-29-20-12-10-19(15-23(20)28-4)16-25-24(26)17-30-21-11-9-18(8-6-2)14-22(21)27-3/h6,8-12,14-15H,5,7,13,16-17H2,1-4H3,(H,25,26)/b8-6+. The molecule has 2 rings (SSSR count). The predicted molar refractivity (Wildman–Crippen MR) is 118 cm³/mol. The zero-order chi connectivity index (χ0) is 21.8. The third-order valence-corrected chi connectivity index (χ3v) is 4.38. The molecule has 162 valence electrons. The summed E-state index contributed by atoms with van der Waals surface area (Å²) in [6.07, 6.45) is 5.97. The SMILES string of the molecule is C/C=C/c1ccc(OCC(=O)NCc2ccc(OCCCC)c(OC)c2)c(OC)c1. The lowest BCUT2D eigenvalue weighted by Gasteiger charge is -2.13. The molecule has 6 heteroatoms. The molecule has 0 aliphatic heterocycles. The van der Waals surface area contributed by atoms with Gasteiger partial charge in [-0.05, 0) is 48.7 Å². The molecule has 0 saturated heterocycles. The van der Waals surface area contributed by atoms with Crippen LogP contribution in [0.5, 0.6) is 23.0 Å². The Morgan fingerprint density at radius 3 is 2.37 bits per heavy atom. The summed E-state index contributed by atoms with van der Waals surface area (Å²) in [5.41, 5.74) is 1.92. The Hall–Kier alpha value is -3.15. The summed E-state index contributed by atoms with van der Waals surface area (Å²) in [7, 11) is 3.18. The van der Waals surface area contributed by atoms with Crippen molar-refractivity contribution in [2.75, 3.05) is 27.4 Å². The summed E-state index contributed by atoms with van der Waals surface area (Å²) < 4.78 is 22.1. The molecule has 0 heterocycles. The fourth-order valence-electron chi connectivity index (χ4n) is 2.76. The van der Waals surface area contributed by atoms with Gasteiger partial charge in [-0.2, -0.15) is 0 Å². The van der Waals surface area contributed by atoms with Crippen molar-refractivity contribution in [1.82, 2.24) is 5.32 Å². The number of carbonyl (C=O) groups excluding carboxylic acids is 1. The maximum atomic E-state index is 12.2. The molecule has 30 heavy (non-hydrogen) atoms. The lowest BCUT2D eigenvalue weighted by atomic mass is 10.2. The van der Waals surface area contributed by atoms with Gasteiger partial charge < -0.3 is 24.3 Å². The van der Waals surface area contributed by atoms with Crippen LogP contribution in [-0.2, 0) is 11.3 Å². The largest absolute Gasteiger partial charge is 0.493 e. The molecule has 0 fully saturated rings. The lowest BCUT2D eigenvalue weighted by Crippen LogP contribution is -2.28. The zero-order valence-corrected chi connectivity index (χ0v) is 18.2. The highest BCUT2D eigenvalue weighted by Gasteiger charge is 2.10. The van der Waals surface area contributed by atoms with Gasteiger partial charge in [-0.3, -0.25) is 4.79 Å². The summed E-state index contributed by atoms with van der Waals surface area (Å²) in [4.78, 5) is 12.2. The van der Waals surface area contributed by atoms with Gasteiger partial charge in [0, 0.05) is 6.54 Å². The first-order chi connectivity index (χ1) is 14.6. The Morgan fingerprint density at radius 2 is 1.67 bits per heavy atom. The van der Waals surface area contributed by atoms with E-state index in [1.165, 1.54) is 0 Å². The van der Waals surface area contributed by atoms with Gasteiger partial charge in [-0.1, -0.05) is 37.6 Å². The minimum absolute atomic E-state index is 0.103. The molecule has 0 aliphatic rings. The highest BCUT2D eigenvalue weighted by Crippen LogP contribution is 2.29. The maximum absolute atomic E-state index is 12.2. The maximum Gasteiger partial charge on any atom is 0.258 e. The average Bonchev–Trinajstić information content (AvgIpc) is 2.77. The molecule has 0 aromatic heterocycles. The molecule has 2 aromatic rings. The summed E-state index contributed by atoms with van der Waals surface area (Å²) in [5, 5.41) is 2.85. The van der Waals surface area contributed by atoms with Crippen LogP contribution in [-0.4, -0.2) is 33.3 Å². The van der Waals surface area contributed by atoms with Crippen molar-refractivity contribution >= 4 is 12.0 Å². The van der Waals surface area contributed by atoms with Crippen molar-refractivity contribution in [3.05, 3.63) is 53.6 Å². The smallest absolute Gasteiger partial charge is 0.258 e. The molecule has 0 radical (unpaired) electrons. The van der Waals surface area contributed by atoms with Crippen molar-refractivity contribution < 1.29 is 23.7 Å². The minimum Gasteiger partial charge on any atom is -0.493 e. The Bertz CT molecular complexity index is 847. The van der Waals surface area contributed by atoms with E-state index in [4.69, 9.17) is 18.9 Å². The van der Waals surface area contributed by atoms with Gasteiger partial charge in [-0.15, -0.1) is 0 Å². The van der Waals surface area contributed by atoms with E-state index in [2.05, 4.69) is 12.2 Å². The van der Waals surface area contributed by atoms with Gasteiger partial charge in [0.15, 0.2) is 29.6 Å². The summed E-state index contributed by atoms with van der Waals surface area (Å²) in [6.45, 7) is 4.98. The first-order valence-electron chi connectivity index (χ1n) is 10.1. The number of benzene rings is 2. The van der Waals surface area contributed by atoms with E-state index in [9.17, 15) is 4.79 Å². The highest BCUT2D eigenvalue weighted by atomic mass is 16.5. The van der Waals surface area contributed by atoms with Crippen LogP contribution in [0.4, 0.5) is 0 Å². The fourth-order valence-corrected chi connectivity index (χ4v) is 2.76. The first-order valence-corrected chi connectivity index (χ1v) is 10.1. The number of amides is 1. The van der Waals surface area contributed by atoms with Gasteiger partial charge in [-0.25, -0.2) is 0 Å². The number of rotatable bonds is 12. The van der Waals surface area contributed by atoms with E-state index in [1.807, 2.05) is 49.4 Å². The Labute approximate surface area is 178 Å². The second kappa shape index (κ2) is 12.4. The normalized spacial score (nSPS) is 10.7. The molecule has 0 bridgehead atoms. The topological polar surface area (TPSA) is 66.0 Å². The van der Waals surface area contributed by atoms with E-state index in [0.717, 1.165) is 24.0 Å². The molecule has 6 nitrogen and oxygen atoms in total. The third-order valence-electron chi connectivity index (χ3n) is 4.38. The van der Waals surface area contributed by atoms with Gasteiger partial charge in [0.25, 0.3) is 5.91 Å². The van der Waals surface area contributed by atoms with E-state index < -0.39 is 0 Å². The van der Waals surface area contributed by atoms with Crippen LogP contribution in [0.3, 0.4) is 0 Å². The molecular formula is C24H31NO5. The van der Waals surface area contributed by atoms with Crippen LogP contribution in [0, 0.1) is 0 Å². The molecule has 0 saturated carbocycles. The van der Waals surface area contributed by atoms with Gasteiger partial charge in [0.2, 0.25) is 0 Å². The molecule has 0 unspecified atom stereocenters. The monoisotopic (exact) mass is 413 g/mol. The van der Waals surface area contributed by atoms with Crippen LogP contribution >= 0.6 is 0 Å². The summed E-state index contributed by atoms with van der Waals surface area (Å²) in [6, 6.07) is 11.2. The molecule has 0 aliphatic carbocycles. The second-order valence-corrected chi connectivity index (χ2v) is 6.66. The van der Waals surface area contributed by atoms with Crippen LogP contribution in [0.15, 0.2) is 42.5 Å². The molecule has 1 N–H and O–H groups in total. The minimum atomic E-state index is -0.225. The average molecular weight is 414 g/mol. The van der Waals surface area contributed by atoms with Gasteiger partial charge in [0.1, 0.15) is 0 Å². The van der Waals surface area contributed by atoms with Crippen LogP contribution < -0.4 is 24.3 Å². The van der Waals surface area contributed by atoms with E-state index in [1.54, 1.807) is 20.3 Å². The number of unbranched alkanes of at least 4 members (excludes halogenated alkanes) is 1. The number of ether oxygens (including phenoxy) is 4. The fraction of sp³-hybridized carbons (Fsp3) is 0.375. The molecule has 2 aromatic carbocycles. The van der Waals surface area contributed by atoms with Crippen LogP contribution in [0.1, 0.15) is 37.8 Å². The number of carbonyl (C=O) groups is 1. The Morgan fingerprint density at radius 1 is 0.967 bits per heavy atom. The van der Waals surface area contributed by atoms with Crippen molar-refractivity contribution in [1.29, 1.82) is 0 Å². The van der Waals surface area contributed by atoms with Gasteiger partial charge in [0.05, 0.1) is 20.8 Å². The number of nitrogens with one attached hydrogen (secondary N) is 1. The molecular weight excluding hydrogens is 382 g/mol.